The SMILES string of the molecule is Cc1ccc2nc(CN3C[C@H](C)O[C@@H](C)C3)cc(=O)n2c1. The van der Waals surface area contributed by atoms with Crippen LogP contribution in [0.5, 0.6) is 0 Å². The van der Waals surface area contributed by atoms with Crippen molar-refractivity contribution in [3.05, 3.63) is 46.0 Å². The number of hydrogen-bond acceptors (Lipinski definition) is 4. The molecular formula is C16H21N3O2. The predicted octanol–water partition coefficient (Wildman–Crippen LogP) is 1.61. The van der Waals surface area contributed by atoms with Crippen molar-refractivity contribution in [2.24, 2.45) is 0 Å². The molecule has 0 aliphatic carbocycles. The first-order valence-electron chi connectivity index (χ1n) is 7.38. The smallest absolute Gasteiger partial charge is 0.258 e. The van der Waals surface area contributed by atoms with Gasteiger partial charge in [-0.15, -0.1) is 0 Å². The van der Waals surface area contributed by atoms with Crippen LogP contribution in [0, 0.1) is 6.92 Å². The van der Waals surface area contributed by atoms with E-state index in [1.807, 2.05) is 25.3 Å². The van der Waals surface area contributed by atoms with Gasteiger partial charge in [-0.3, -0.25) is 14.1 Å². The average Bonchev–Trinajstić information content (AvgIpc) is 2.38. The Labute approximate surface area is 124 Å². The molecule has 1 fully saturated rings. The fourth-order valence-electron chi connectivity index (χ4n) is 2.98. The topological polar surface area (TPSA) is 46.8 Å². The molecule has 112 valence electrons. The Morgan fingerprint density at radius 3 is 2.71 bits per heavy atom. The molecule has 0 saturated carbocycles. The number of aromatic nitrogens is 2. The number of fused-ring (bicyclic) bond motifs is 1. The molecule has 2 aromatic heterocycles. The van der Waals surface area contributed by atoms with Crippen LogP contribution in [-0.4, -0.2) is 39.6 Å². The van der Waals surface area contributed by atoms with Crippen LogP contribution in [0.4, 0.5) is 0 Å². The van der Waals surface area contributed by atoms with Crippen molar-refractivity contribution in [2.45, 2.75) is 39.5 Å². The normalized spacial score (nSPS) is 23.6. The van der Waals surface area contributed by atoms with E-state index >= 15 is 0 Å². The summed E-state index contributed by atoms with van der Waals surface area (Å²) in [5.41, 5.74) is 2.56. The Hall–Kier alpha value is -1.72. The number of aryl methyl sites for hydroxylation is 1. The van der Waals surface area contributed by atoms with Crippen LogP contribution in [0.25, 0.3) is 5.65 Å². The van der Waals surface area contributed by atoms with Crippen molar-refractivity contribution < 1.29 is 4.74 Å². The van der Waals surface area contributed by atoms with Crippen molar-refractivity contribution in [3.63, 3.8) is 0 Å². The Morgan fingerprint density at radius 1 is 1.29 bits per heavy atom. The third-order valence-electron chi connectivity index (χ3n) is 3.74. The van der Waals surface area contributed by atoms with Crippen LogP contribution in [0.15, 0.2) is 29.2 Å². The van der Waals surface area contributed by atoms with Crippen molar-refractivity contribution in [1.29, 1.82) is 0 Å². The maximum Gasteiger partial charge on any atom is 0.258 e. The molecule has 0 amide bonds. The van der Waals surface area contributed by atoms with Gasteiger partial charge in [-0.1, -0.05) is 6.07 Å². The quantitative estimate of drug-likeness (QED) is 0.842. The lowest BCUT2D eigenvalue weighted by molar-refractivity contribution is -0.0707. The monoisotopic (exact) mass is 287 g/mol. The maximum absolute atomic E-state index is 12.2. The van der Waals surface area contributed by atoms with E-state index in [0.29, 0.717) is 12.2 Å². The van der Waals surface area contributed by atoms with Crippen molar-refractivity contribution in [1.82, 2.24) is 14.3 Å². The molecule has 0 radical (unpaired) electrons. The molecular weight excluding hydrogens is 266 g/mol. The molecule has 1 aliphatic heterocycles. The number of rotatable bonds is 2. The van der Waals surface area contributed by atoms with Gasteiger partial charge in [0.05, 0.1) is 17.9 Å². The summed E-state index contributed by atoms with van der Waals surface area (Å²) in [7, 11) is 0. The molecule has 0 N–H and O–H groups in total. The minimum absolute atomic E-state index is 0.0203. The fourth-order valence-corrected chi connectivity index (χ4v) is 2.98. The second kappa shape index (κ2) is 5.58. The summed E-state index contributed by atoms with van der Waals surface area (Å²) in [6, 6.07) is 5.51. The van der Waals surface area contributed by atoms with E-state index in [9.17, 15) is 4.79 Å². The second-order valence-corrected chi connectivity index (χ2v) is 5.97. The minimum Gasteiger partial charge on any atom is -0.373 e. The van der Waals surface area contributed by atoms with Gasteiger partial charge in [0.25, 0.3) is 5.56 Å². The lowest BCUT2D eigenvalue weighted by Gasteiger charge is -2.35. The third-order valence-corrected chi connectivity index (χ3v) is 3.74. The summed E-state index contributed by atoms with van der Waals surface area (Å²) < 4.78 is 7.33. The Kier molecular flexibility index (Phi) is 3.78. The van der Waals surface area contributed by atoms with Crippen LogP contribution in [-0.2, 0) is 11.3 Å². The molecule has 21 heavy (non-hydrogen) atoms. The molecule has 0 bridgehead atoms. The number of nitrogens with zero attached hydrogens (tertiary/aromatic N) is 3. The predicted molar refractivity (Wildman–Crippen MR) is 81.5 cm³/mol. The number of ether oxygens (including phenoxy) is 1. The number of morpholine rings is 1. The third kappa shape index (κ3) is 3.14. The summed E-state index contributed by atoms with van der Waals surface area (Å²) in [5.74, 6) is 0. The zero-order chi connectivity index (χ0) is 15.0. The van der Waals surface area contributed by atoms with Crippen LogP contribution in [0.1, 0.15) is 25.1 Å². The Bertz CT molecular complexity index is 700. The highest BCUT2D eigenvalue weighted by molar-refractivity contribution is 5.39. The van der Waals surface area contributed by atoms with E-state index in [0.717, 1.165) is 24.3 Å². The van der Waals surface area contributed by atoms with Gasteiger partial charge < -0.3 is 4.74 Å². The summed E-state index contributed by atoms with van der Waals surface area (Å²) in [4.78, 5) is 19.1. The molecule has 2 atom stereocenters. The highest BCUT2D eigenvalue weighted by atomic mass is 16.5. The molecule has 1 aliphatic rings. The van der Waals surface area contributed by atoms with Gasteiger partial charge in [-0.25, -0.2) is 4.98 Å². The van der Waals surface area contributed by atoms with E-state index in [1.165, 1.54) is 0 Å². The summed E-state index contributed by atoms with van der Waals surface area (Å²) >= 11 is 0. The van der Waals surface area contributed by atoms with E-state index in [2.05, 4.69) is 23.7 Å². The number of pyridine rings is 1. The van der Waals surface area contributed by atoms with Crippen molar-refractivity contribution in [3.8, 4) is 0 Å². The van der Waals surface area contributed by atoms with E-state index in [1.54, 1.807) is 10.5 Å². The lowest BCUT2D eigenvalue weighted by atomic mass is 10.2. The van der Waals surface area contributed by atoms with Crippen molar-refractivity contribution >= 4 is 5.65 Å². The lowest BCUT2D eigenvalue weighted by Crippen LogP contribution is -2.45. The Balaban J connectivity index is 1.87. The molecule has 1 saturated heterocycles. The van der Waals surface area contributed by atoms with E-state index in [4.69, 9.17) is 4.74 Å². The van der Waals surface area contributed by atoms with Gasteiger partial charge in [0, 0.05) is 31.9 Å². The first-order valence-corrected chi connectivity index (χ1v) is 7.38. The largest absolute Gasteiger partial charge is 0.373 e. The molecule has 5 heteroatoms. The zero-order valence-electron chi connectivity index (χ0n) is 12.7. The minimum atomic E-state index is -0.0203. The van der Waals surface area contributed by atoms with Gasteiger partial charge in [0.2, 0.25) is 0 Å². The van der Waals surface area contributed by atoms with Gasteiger partial charge in [0.1, 0.15) is 5.65 Å². The van der Waals surface area contributed by atoms with Crippen LogP contribution in [0.3, 0.4) is 0 Å². The first-order chi connectivity index (χ1) is 10.0. The Morgan fingerprint density at radius 2 is 2.00 bits per heavy atom. The summed E-state index contributed by atoms with van der Waals surface area (Å²) in [6.07, 6.45) is 2.27. The molecule has 3 heterocycles. The second-order valence-electron chi connectivity index (χ2n) is 5.97. The van der Waals surface area contributed by atoms with E-state index < -0.39 is 0 Å². The first kappa shape index (κ1) is 14.2. The molecule has 3 rings (SSSR count). The average molecular weight is 287 g/mol. The van der Waals surface area contributed by atoms with Crippen molar-refractivity contribution in [2.75, 3.05) is 13.1 Å². The van der Waals surface area contributed by atoms with Crippen LogP contribution in [0.2, 0.25) is 0 Å². The standard InChI is InChI=1S/C16H21N3O2/c1-11-4-5-15-17-14(6-16(20)19(15)7-11)10-18-8-12(2)21-13(3)9-18/h4-7,12-13H,8-10H2,1-3H3/t12-,13-/m0/s1. The zero-order valence-corrected chi connectivity index (χ0v) is 12.7. The van der Waals surface area contributed by atoms with Crippen LogP contribution < -0.4 is 5.56 Å². The highest BCUT2D eigenvalue weighted by Gasteiger charge is 2.22. The van der Waals surface area contributed by atoms with Gasteiger partial charge in [0.15, 0.2) is 0 Å². The summed E-state index contributed by atoms with van der Waals surface area (Å²) in [6.45, 7) is 8.56. The molecule has 0 aromatic carbocycles. The fraction of sp³-hybridized carbons (Fsp3) is 0.500. The van der Waals surface area contributed by atoms with Gasteiger partial charge >= 0.3 is 0 Å². The molecule has 2 aromatic rings. The maximum atomic E-state index is 12.2. The van der Waals surface area contributed by atoms with Gasteiger partial charge in [-0.2, -0.15) is 0 Å². The summed E-state index contributed by atoms with van der Waals surface area (Å²) in [5, 5.41) is 0. The highest BCUT2D eigenvalue weighted by Crippen LogP contribution is 2.13. The number of hydrogen-bond donors (Lipinski definition) is 0. The van der Waals surface area contributed by atoms with Gasteiger partial charge in [-0.05, 0) is 32.4 Å². The van der Waals surface area contributed by atoms with E-state index in [-0.39, 0.29) is 17.8 Å². The van der Waals surface area contributed by atoms with Crippen LogP contribution >= 0.6 is 0 Å². The molecule has 0 unspecified atom stereocenters. The molecule has 5 nitrogen and oxygen atoms in total. The molecule has 0 spiro atoms.